The second-order valence-corrected chi connectivity index (χ2v) is 7.85. The number of carboxylic acid groups (broad SMARTS) is 1. The van der Waals surface area contributed by atoms with Gasteiger partial charge in [-0.25, -0.2) is 14.8 Å². The zero-order chi connectivity index (χ0) is 22.9. The number of carbonyl (C=O) groups is 2. The average molecular weight is 447 g/mol. The SMILES string of the molecule is C[C@@H]1CC[C@@H](Oc2nccn3cc(C(=O)O)nc23)CN1C(=O)c1ccccc1-n1nccn1. The number of carboxylic acids is 1. The summed E-state index contributed by atoms with van der Waals surface area (Å²) in [6, 6.07) is 7.23. The maximum absolute atomic E-state index is 13.5. The first-order valence-electron chi connectivity index (χ1n) is 10.5. The van der Waals surface area contributed by atoms with Gasteiger partial charge in [0.1, 0.15) is 6.10 Å². The van der Waals surface area contributed by atoms with Crippen molar-refractivity contribution in [1.29, 1.82) is 0 Å². The van der Waals surface area contributed by atoms with Gasteiger partial charge in [-0.2, -0.15) is 15.0 Å². The lowest BCUT2D eigenvalue weighted by Crippen LogP contribution is -2.49. The van der Waals surface area contributed by atoms with Crippen LogP contribution in [0.2, 0.25) is 0 Å². The number of hydrogen-bond acceptors (Lipinski definition) is 7. The summed E-state index contributed by atoms with van der Waals surface area (Å²) in [6.07, 6.45) is 8.83. The number of imidazole rings is 1. The Kier molecular flexibility index (Phi) is 5.21. The molecule has 1 N–H and O–H groups in total. The van der Waals surface area contributed by atoms with Crippen molar-refractivity contribution < 1.29 is 19.4 Å². The molecule has 0 unspecified atom stereocenters. The normalized spacial score (nSPS) is 18.4. The summed E-state index contributed by atoms with van der Waals surface area (Å²) in [5.41, 5.74) is 1.33. The van der Waals surface area contributed by atoms with Crippen molar-refractivity contribution in [2.24, 2.45) is 0 Å². The van der Waals surface area contributed by atoms with Gasteiger partial charge in [0.25, 0.3) is 11.8 Å². The summed E-state index contributed by atoms with van der Waals surface area (Å²) >= 11 is 0. The molecule has 4 heterocycles. The molecule has 1 amide bonds. The Morgan fingerprint density at radius 1 is 1.12 bits per heavy atom. The number of aromatic nitrogens is 6. The predicted molar refractivity (Wildman–Crippen MR) is 115 cm³/mol. The zero-order valence-corrected chi connectivity index (χ0v) is 17.8. The first-order valence-corrected chi connectivity index (χ1v) is 10.5. The molecule has 0 spiro atoms. The summed E-state index contributed by atoms with van der Waals surface area (Å²) in [5, 5.41) is 17.5. The Morgan fingerprint density at radius 2 is 1.91 bits per heavy atom. The summed E-state index contributed by atoms with van der Waals surface area (Å²) in [5.74, 6) is -1.03. The quantitative estimate of drug-likeness (QED) is 0.493. The van der Waals surface area contributed by atoms with Crippen LogP contribution >= 0.6 is 0 Å². The van der Waals surface area contributed by atoms with Crippen LogP contribution in [0.1, 0.15) is 40.6 Å². The highest BCUT2D eigenvalue weighted by molar-refractivity contribution is 5.98. The molecule has 1 aliphatic rings. The van der Waals surface area contributed by atoms with Gasteiger partial charge in [0.2, 0.25) is 5.65 Å². The van der Waals surface area contributed by atoms with Gasteiger partial charge in [-0.3, -0.25) is 4.79 Å². The number of para-hydroxylation sites is 1. The summed E-state index contributed by atoms with van der Waals surface area (Å²) in [7, 11) is 0. The Morgan fingerprint density at radius 3 is 2.70 bits per heavy atom. The second kappa shape index (κ2) is 8.34. The molecule has 1 fully saturated rings. The Hall–Kier alpha value is -4.28. The van der Waals surface area contributed by atoms with E-state index in [2.05, 4.69) is 20.2 Å². The molecular formula is C22H21N7O4. The lowest BCUT2D eigenvalue weighted by molar-refractivity contribution is 0.0375. The zero-order valence-electron chi connectivity index (χ0n) is 17.8. The number of nitrogens with zero attached hydrogens (tertiary/aromatic N) is 7. The number of aromatic carboxylic acids is 1. The van der Waals surface area contributed by atoms with Crippen LogP contribution in [0, 0.1) is 0 Å². The molecule has 3 aromatic heterocycles. The number of amides is 1. The van der Waals surface area contributed by atoms with E-state index >= 15 is 0 Å². The average Bonchev–Trinajstić information content (AvgIpc) is 3.51. The largest absolute Gasteiger partial charge is 0.476 e. The molecule has 168 valence electrons. The summed E-state index contributed by atoms with van der Waals surface area (Å²) in [6.45, 7) is 2.37. The predicted octanol–water partition coefficient (Wildman–Crippen LogP) is 2.08. The molecule has 0 bridgehead atoms. The van der Waals surface area contributed by atoms with E-state index in [0.717, 1.165) is 12.8 Å². The number of carbonyl (C=O) groups excluding carboxylic acids is 1. The van der Waals surface area contributed by atoms with Gasteiger partial charge in [0.15, 0.2) is 5.69 Å². The molecule has 2 atom stereocenters. The first kappa shape index (κ1) is 20.6. The van der Waals surface area contributed by atoms with Gasteiger partial charge in [-0.05, 0) is 31.9 Å². The van der Waals surface area contributed by atoms with Crippen molar-refractivity contribution in [3.63, 3.8) is 0 Å². The molecule has 33 heavy (non-hydrogen) atoms. The molecule has 1 saturated heterocycles. The first-order chi connectivity index (χ1) is 16.0. The number of likely N-dealkylation sites (tertiary alicyclic amines) is 1. The maximum Gasteiger partial charge on any atom is 0.356 e. The van der Waals surface area contributed by atoms with E-state index in [-0.39, 0.29) is 29.6 Å². The summed E-state index contributed by atoms with van der Waals surface area (Å²) < 4.78 is 7.68. The Balaban J connectivity index is 1.39. The van der Waals surface area contributed by atoms with E-state index in [1.54, 1.807) is 40.0 Å². The van der Waals surface area contributed by atoms with Gasteiger partial charge in [0, 0.05) is 24.6 Å². The highest BCUT2D eigenvalue weighted by Crippen LogP contribution is 2.26. The van der Waals surface area contributed by atoms with Crippen LogP contribution in [-0.2, 0) is 0 Å². The van der Waals surface area contributed by atoms with Crippen molar-refractivity contribution in [2.75, 3.05) is 6.54 Å². The van der Waals surface area contributed by atoms with E-state index in [1.807, 2.05) is 19.1 Å². The minimum absolute atomic E-state index is 0.0183. The van der Waals surface area contributed by atoms with Crippen molar-refractivity contribution in [1.82, 2.24) is 34.3 Å². The molecule has 4 aromatic rings. The van der Waals surface area contributed by atoms with Crippen molar-refractivity contribution in [3.05, 3.63) is 66.5 Å². The Labute approximate surface area is 188 Å². The molecular weight excluding hydrogens is 426 g/mol. The molecule has 5 rings (SSSR count). The molecule has 11 nitrogen and oxygen atoms in total. The Bertz CT molecular complexity index is 1320. The van der Waals surface area contributed by atoms with E-state index in [1.165, 1.54) is 17.2 Å². The number of ether oxygens (including phenoxy) is 1. The van der Waals surface area contributed by atoms with Crippen molar-refractivity contribution >= 4 is 17.5 Å². The van der Waals surface area contributed by atoms with E-state index in [0.29, 0.717) is 23.4 Å². The van der Waals surface area contributed by atoms with Gasteiger partial charge < -0.3 is 19.1 Å². The molecule has 1 aromatic carbocycles. The molecule has 1 aliphatic heterocycles. The monoisotopic (exact) mass is 447 g/mol. The van der Waals surface area contributed by atoms with Crippen LogP contribution < -0.4 is 4.74 Å². The van der Waals surface area contributed by atoms with Crippen molar-refractivity contribution in [3.8, 4) is 11.6 Å². The van der Waals surface area contributed by atoms with E-state index in [4.69, 9.17) is 4.74 Å². The third kappa shape index (κ3) is 3.88. The van der Waals surface area contributed by atoms with Gasteiger partial charge >= 0.3 is 5.97 Å². The standard InChI is InChI=1S/C22H21N7O4/c1-14-6-7-15(33-20-19-26-17(22(31)32)13-27(19)11-10-23-20)12-28(14)21(30)16-4-2-3-5-18(16)29-24-8-9-25-29/h2-5,8-11,13-15H,6-7,12H2,1H3,(H,31,32)/t14-,15-/m1/s1. The minimum Gasteiger partial charge on any atom is -0.476 e. The van der Waals surface area contributed by atoms with Crippen LogP contribution in [0.25, 0.3) is 11.3 Å². The summed E-state index contributed by atoms with van der Waals surface area (Å²) in [4.78, 5) is 36.4. The van der Waals surface area contributed by atoms with Gasteiger partial charge in [0.05, 0.1) is 30.2 Å². The third-order valence-electron chi connectivity index (χ3n) is 5.71. The molecule has 0 radical (unpaired) electrons. The molecule has 11 heteroatoms. The van der Waals surface area contributed by atoms with Crippen molar-refractivity contribution in [2.45, 2.75) is 31.9 Å². The van der Waals surface area contributed by atoms with Crippen LogP contribution in [-0.4, -0.2) is 69.9 Å². The third-order valence-corrected chi connectivity index (χ3v) is 5.71. The van der Waals surface area contributed by atoms with E-state index < -0.39 is 5.97 Å². The maximum atomic E-state index is 13.5. The molecule has 0 saturated carbocycles. The fourth-order valence-electron chi connectivity index (χ4n) is 4.02. The highest BCUT2D eigenvalue weighted by atomic mass is 16.5. The highest BCUT2D eigenvalue weighted by Gasteiger charge is 2.32. The minimum atomic E-state index is -1.13. The van der Waals surface area contributed by atoms with Crippen LogP contribution in [0.4, 0.5) is 0 Å². The lowest BCUT2D eigenvalue weighted by Gasteiger charge is -2.38. The number of rotatable bonds is 5. The van der Waals surface area contributed by atoms with Gasteiger partial charge in [-0.15, -0.1) is 0 Å². The number of piperidine rings is 1. The van der Waals surface area contributed by atoms with Gasteiger partial charge in [-0.1, -0.05) is 12.1 Å². The van der Waals surface area contributed by atoms with E-state index in [9.17, 15) is 14.7 Å². The van der Waals surface area contributed by atoms with Crippen LogP contribution in [0.5, 0.6) is 5.88 Å². The topological polar surface area (TPSA) is 128 Å². The second-order valence-electron chi connectivity index (χ2n) is 7.85. The lowest BCUT2D eigenvalue weighted by atomic mass is 9.99. The number of hydrogen-bond donors (Lipinski definition) is 1. The van der Waals surface area contributed by atoms with Crippen LogP contribution in [0.3, 0.4) is 0 Å². The fourth-order valence-corrected chi connectivity index (χ4v) is 4.02. The number of fused-ring (bicyclic) bond motifs is 1. The molecule has 0 aliphatic carbocycles. The van der Waals surface area contributed by atoms with Crippen LogP contribution in [0.15, 0.2) is 55.2 Å². The number of benzene rings is 1. The smallest absolute Gasteiger partial charge is 0.356 e. The fraction of sp³-hybridized carbons (Fsp3) is 0.273.